The molecule has 3 aliphatic rings. The number of hydrogen-bond donors (Lipinski definition) is 0. The summed E-state index contributed by atoms with van der Waals surface area (Å²) in [6.07, 6.45) is 6.75. The van der Waals surface area contributed by atoms with Gasteiger partial charge in [0, 0.05) is 52.2 Å². The second-order valence-electron chi connectivity index (χ2n) is 9.68. The minimum Gasteiger partial charge on any atom is -0.379 e. The van der Waals surface area contributed by atoms with Gasteiger partial charge < -0.3 is 14.5 Å². The maximum atomic E-state index is 13.2. The monoisotopic (exact) mass is 441 g/mol. The number of aryl methyl sites for hydroxylation is 1. The molecule has 1 atom stereocenters. The second kappa shape index (κ2) is 11.8. The molecule has 6 heteroatoms. The number of nitrogens with zero attached hydrogens (tertiary/aromatic N) is 3. The predicted molar refractivity (Wildman–Crippen MR) is 125 cm³/mol. The molecule has 3 heterocycles. The molecule has 176 valence electrons. The molecular weight excluding hydrogens is 402 g/mol. The van der Waals surface area contributed by atoms with Crippen LogP contribution in [0.25, 0.3) is 0 Å². The highest BCUT2D eigenvalue weighted by molar-refractivity contribution is 5.84. The molecule has 0 saturated carbocycles. The third-order valence-electron chi connectivity index (χ3n) is 7.47. The number of amides is 2. The second-order valence-corrected chi connectivity index (χ2v) is 9.68. The summed E-state index contributed by atoms with van der Waals surface area (Å²) < 4.78 is 5.40. The van der Waals surface area contributed by atoms with Crippen molar-refractivity contribution in [2.24, 2.45) is 11.8 Å². The molecule has 1 aromatic rings. The summed E-state index contributed by atoms with van der Waals surface area (Å²) >= 11 is 0. The van der Waals surface area contributed by atoms with E-state index in [1.165, 1.54) is 12.0 Å². The van der Waals surface area contributed by atoms with E-state index >= 15 is 0 Å². The van der Waals surface area contributed by atoms with E-state index in [9.17, 15) is 9.59 Å². The maximum absolute atomic E-state index is 13.2. The molecule has 0 radical (unpaired) electrons. The summed E-state index contributed by atoms with van der Waals surface area (Å²) in [5.74, 6) is 1.19. The van der Waals surface area contributed by atoms with E-state index in [2.05, 4.69) is 40.1 Å². The Labute approximate surface area is 192 Å². The van der Waals surface area contributed by atoms with Crippen molar-refractivity contribution < 1.29 is 14.3 Å². The quantitative estimate of drug-likeness (QED) is 0.623. The zero-order valence-corrected chi connectivity index (χ0v) is 19.4. The third-order valence-corrected chi connectivity index (χ3v) is 7.47. The van der Waals surface area contributed by atoms with Crippen molar-refractivity contribution in [1.29, 1.82) is 0 Å². The molecule has 1 aromatic carbocycles. The molecule has 6 nitrogen and oxygen atoms in total. The summed E-state index contributed by atoms with van der Waals surface area (Å²) in [5, 5.41) is 0. The van der Waals surface area contributed by atoms with Crippen LogP contribution in [-0.2, 0) is 20.7 Å². The number of benzene rings is 1. The lowest BCUT2D eigenvalue weighted by molar-refractivity contribution is -0.144. The Morgan fingerprint density at radius 3 is 2.47 bits per heavy atom. The number of carbonyl (C=O) groups excluding carboxylic acids is 2. The first-order valence-electron chi connectivity index (χ1n) is 12.6. The molecule has 0 aliphatic carbocycles. The van der Waals surface area contributed by atoms with Crippen molar-refractivity contribution in [3.8, 4) is 0 Å². The average Bonchev–Trinajstić information content (AvgIpc) is 2.85. The van der Waals surface area contributed by atoms with Crippen LogP contribution < -0.4 is 0 Å². The zero-order chi connectivity index (χ0) is 22.2. The summed E-state index contributed by atoms with van der Waals surface area (Å²) in [5.41, 5.74) is 1.41. The molecule has 1 unspecified atom stereocenters. The van der Waals surface area contributed by atoms with Crippen molar-refractivity contribution in [3.05, 3.63) is 35.9 Å². The number of ether oxygens (including phenoxy) is 1. The molecule has 0 spiro atoms. The lowest BCUT2D eigenvalue weighted by atomic mass is 9.89. The van der Waals surface area contributed by atoms with Gasteiger partial charge in [0.1, 0.15) is 0 Å². The standard InChI is InChI=1S/C26H39N3O3/c30-25-10-9-24(21-29(25)14-4-13-27-17-19-32-20-18-27)26(31)28-15-11-23(12-16-28)8-7-22-5-2-1-3-6-22/h1-3,5-6,23-24H,4,7-21H2. The zero-order valence-electron chi connectivity index (χ0n) is 19.4. The number of carbonyl (C=O) groups is 2. The normalized spacial score (nSPS) is 23.5. The number of morpholine rings is 1. The summed E-state index contributed by atoms with van der Waals surface area (Å²) in [4.78, 5) is 32.0. The highest BCUT2D eigenvalue weighted by Gasteiger charge is 2.34. The molecule has 0 bridgehead atoms. The van der Waals surface area contributed by atoms with Crippen molar-refractivity contribution in [1.82, 2.24) is 14.7 Å². The Morgan fingerprint density at radius 2 is 1.72 bits per heavy atom. The molecular formula is C26H39N3O3. The number of rotatable bonds is 8. The Hall–Kier alpha value is -1.92. The van der Waals surface area contributed by atoms with Gasteiger partial charge in [-0.05, 0) is 50.0 Å². The first-order valence-corrected chi connectivity index (χ1v) is 12.6. The van der Waals surface area contributed by atoms with Crippen LogP contribution >= 0.6 is 0 Å². The lowest BCUT2D eigenvalue weighted by Crippen LogP contribution is -2.49. The maximum Gasteiger partial charge on any atom is 0.227 e. The first-order chi connectivity index (χ1) is 15.7. The number of piperidine rings is 2. The Bertz CT molecular complexity index is 727. The van der Waals surface area contributed by atoms with Gasteiger partial charge in [-0.2, -0.15) is 0 Å². The molecule has 32 heavy (non-hydrogen) atoms. The number of likely N-dealkylation sites (tertiary alicyclic amines) is 2. The van der Waals surface area contributed by atoms with E-state index in [-0.39, 0.29) is 17.7 Å². The fourth-order valence-corrected chi connectivity index (χ4v) is 5.36. The van der Waals surface area contributed by atoms with Crippen LogP contribution in [0.5, 0.6) is 0 Å². The van der Waals surface area contributed by atoms with Gasteiger partial charge >= 0.3 is 0 Å². The summed E-state index contributed by atoms with van der Waals surface area (Å²) in [6.45, 7) is 7.70. The number of hydrogen-bond acceptors (Lipinski definition) is 4. The fraction of sp³-hybridized carbons (Fsp3) is 0.692. The summed E-state index contributed by atoms with van der Waals surface area (Å²) in [6, 6.07) is 10.7. The van der Waals surface area contributed by atoms with Crippen molar-refractivity contribution in [2.45, 2.75) is 44.9 Å². The van der Waals surface area contributed by atoms with Crippen LogP contribution in [0.1, 0.15) is 44.1 Å². The van der Waals surface area contributed by atoms with Crippen molar-refractivity contribution in [2.75, 3.05) is 59.0 Å². The van der Waals surface area contributed by atoms with Gasteiger partial charge in [0.15, 0.2) is 0 Å². The van der Waals surface area contributed by atoms with E-state index in [1.807, 2.05) is 4.90 Å². The molecule has 3 aliphatic heterocycles. The van der Waals surface area contributed by atoms with Crippen molar-refractivity contribution >= 4 is 11.8 Å². The largest absolute Gasteiger partial charge is 0.379 e. The minimum absolute atomic E-state index is 0.0167. The molecule has 4 rings (SSSR count). The Kier molecular flexibility index (Phi) is 8.57. The van der Waals surface area contributed by atoms with Crippen LogP contribution in [0.4, 0.5) is 0 Å². The SMILES string of the molecule is O=C1CCC(C(=O)N2CCC(CCc3ccccc3)CC2)CN1CCCN1CCOCC1. The van der Waals surface area contributed by atoms with Gasteiger partial charge in [0.05, 0.1) is 19.1 Å². The van der Waals surface area contributed by atoms with Crippen molar-refractivity contribution in [3.63, 3.8) is 0 Å². The van der Waals surface area contributed by atoms with Crippen LogP contribution in [0.2, 0.25) is 0 Å². The topological polar surface area (TPSA) is 53.1 Å². The third kappa shape index (κ3) is 6.55. The average molecular weight is 442 g/mol. The van der Waals surface area contributed by atoms with Crippen LogP contribution in [0.15, 0.2) is 30.3 Å². The van der Waals surface area contributed by atoms with Gasteiger partial charge in [-0.3, -0.25) is 14.5 Å². The molecule has 3 saturated heterocycles. The van der Waals surface area contributed by atoms with Gasteiger partial charge in [0.2, 0.25) is 11.8 Å². The smallest absolute Gasteiger partial charge is 0.227 e. The van der Waals surface area contributed by atoms with E-state index < -0.39 is 0 Å². The lowest BCUT2D eigenvalue weighted by Gasteiger charge is -2.38. The van der Waals surface area contributed by atoms with Crippen LogP contribution in [0, 0.1) is 11.8 Å². The van der Waals surface area contributed by atoms with E-state index in [4.69, 9.17) is 4.74 Å². The van der Waals surface area contributed by atoms with Crippen LogP contribution in [0.3, 0.4) is 0 Å². The highest BCUT2D eigenvalue weighted by atomic mass is 16.5. The van der Waals surface area contributed by atoms with Gasteiger partial charge in [-0.1, -0.05) is 30.3 Å². The van der Waals surface area contributed by atoms with E-state index in [0.717, 1.165) is 78.2 Å². The van der Waals surface area contributed by atoms with Crippen LogP contribution in [-0.4, -0.2) is 85.5 Å². The molecule has 0 aromatic heterocycles. The van der Waals surface area contributed by atoms with Gasteiger partial charge in [-0.15, -0.1) is 0 Å². The summed E-state index contributed by atoms with van der Waals surface area (Å²) in [7, 11) is 0. The van der Waals surface area contributed by atoms with E-state index in [0.29, 0.717) is 25.3 Å². The Morgan fingerprint density at radius 1 is 0.969 bits per heavy atom. The van der Waals surface area contributed by atoms with E-state index in [1.54, 1.807) is 0 Å². The Balaban J connectivity index is 1.18. The highest BCUT2D eigenvalue weighted by Crippen LogP contribution is 2.26. The fourth-order valence-electron chi connectivity index (χ4n) is 5.36. The first kappa shape index (κ1) is 23.2. The molecule has 0 N–H and O–H groups in total. The molecule has 3 fully saturated rings. The van der Waals surface area contributed by atoms with Gasteiger partial charge in [0.25, 0.3) is 0 Å². The minimum atomic E-state index is -0.0167. The van der Waals surface area contributed by atoms with Gasteiger partial charge in [-0.25, -0.2) is 0 Å². The molecule has 2 amide bonds. The predicted octanol–water partition coefficient (Wildman–Crippen LogP) is 2.82.